The van der Waals surface area contributed by atoms with Crippen molar-refractivity contribution in [2.45, 2.75) is 31.8 Å². The molecule has 1 aromatic rings. The maximum absolute atomic E-state index is 8.67. The van der Waals surface area contributed by atoms with Gasteiger partial charge in [-0.25, -0.2) is 0 Å². The predicted molar refractivity (Wildman–Crippen MR) is 66.7 cm³/mol. The van der Waals surface area contributed by atoms with Crippen LogP contribution in [-0.4, -0.2) is 24.6 Å². The van der Waals surface area contributed by atoms with Crippen molar-refractivity contribution in [3.05, 3.63) is 29.8 Å². The monoisotopic (exact) mass is 230 g/mol. The number of benzene rings is 1. The topological polar surface area (TPSA) is 36.3 Å². The van der Waals surface area contributed by atoms with E-state index in [0.29, 0.717) is 12.5 Å². The van der Waals surface area contributed by atoms with Gasteiger partial charge in [0.1, 0.15) is 5.75 Å². The summed E-state index contributed by atoms with van der Waals surface area (Å²) in [5.74, 6) is 0.901. The van der Waals surface area contributed by atoms with Crippen LogP contribution in [0.2, 0.25) is 0 Å². The lowest BCUT2D eigenvalue weighted by Gasteiger charge is -2.20. The summed E-state index contributed by atoms with van der Waals surface area (Å²) in [6.45, 7) is 1.79. The second kappa shape index (κ2) is 5.70. The Morgan fingerprint density at radius 1 is 1.47 bits per heavy atom. The van der Waals surface area contributed by atoms with Crippen LogP contribution in [-0.2, 0) is 6.54 Å². The van der Waals surface area contributed by atoms with Crippen LogP contribution in [0.25, 0.3) is 0 Å². The van der Waals surface area contributed by atoms with Gasteiger partial charge in [-0.15, -0.1) is 0 Å². The Morgan fingerprint density at radius 2 is 2.29 bits per heavy atom. The molecule has 0 radical (unpaired) electrons. The lowest BCUT2D eigenvalue weighted by Crippen LogP contribution is -2.26. The summed E-state index contributed by atoms with van der Waals surface area (Å²) >= 11 is 0. The van der Waals surface area contributed by atoms with Crippen LogP contribution < -0.4 is 4.74 Å². The van der Waals surface area contributed by atoms with Crippen LogP contribution in [0.4, 0.5) is 0 Å². The quantitative estimate of drug-likeness (QED) is 0.753. The molecule has 0 unspecified atom stereocenters. The van der Waals surface area contributed by atoms with Crippen molar-refractivity contribution in [2.75, 3.05) is 13.7 Å². The number of hydrogen-bond acceptors (Lipinski definition) is 3. The maximum atomic E-state index is 8.67. The Morgan fingerprint density at radius 3 is 2.94 bits per heavy atom. The summed E-state index contributed by atoms with van der Waals surface area (Å²) in [4.78, 5) is 2.40. The van der Waals surface area contributed by atoms with E-state index in [1.54, 1.807) is 7.11 Å². The molecule has 2 rings (SSSR count). The SMILES string of the molecule is COc1cccc(CN(CCC#N)C2CC2)c1. The maximum Gasteiger partial charge on any atom is 0.119 e. The molecule has 1 saturated carbocycles. The molecule has 0 atom stereocenters. The predicted octanol–water partition coefficient (Wildman–Crippen LogP) is 2.57. The van der Waals surface area contributed by atoms with Crippen LogP contribution in [0.3, 0.4) is 0 Å². The number of nitrogens with zero attached hydrogens (tertiary/aromatic N) is 2. The van der Waals surface area contributed by atoms with Gasteiger partial charge in [-0.3, -0.25) is 4.90 Å². The van der Waals surface area contributed by atoms with Gasteiger partial charge in [-0.05, 0) is 30.5 Å². The number of methoxy groups -OCH3 is 1. The molecule has 0 aromatic heterocycles. The molecule has 3 heteroatoms. The highest BCUT2D eigenvalue weighted by molar-refractivity contribution is 5.28. The van der Waals surface area contributed by atoms with Gasteiger partial charge in [-0.1, -0.05) is 12.1 Å². The van der Waals surface area contributed by atoms with E-state index >= 15 is 0 Å². The molecule has 1 fully saturated rings. The van der Waals surface area contributed by atoms with Gasteiger partial charge in [0.25, 0.3) is 0 Å². The Kier molecular flexibility index (Phi) is 4.00. The Balaban J connectivity index is 1.98. The molecular weight excluding hydrogens is 212 g/mol. The third-order valence-electron chi connectivity index (χ3n) is 3.09. The van der Waals surface area contributed by atoms with Gasteiger partial charge in [-0.2, -0.15) is 5.26 Å². The van der Waals surface area contributed by atoms with Crippen LogP contribution in [0.5, 0.6) is 5.75 Å². The van der Waals surface area contributed by atoms with E-state index in [1.165, 1.54) is 18.4 Å². The minimum Gasteiger partial charge on any atom is -0.497 e. The molecule has 1 aromatic carbocycles. The largest absolute Gasteiger partial charge is 0.497 e. The fourth-order valence-electron chi connectivity index (χ4n) is 2.03. The fraction of sp³-hybridized carbons (Fsp3) is 0.500. The third-order valence-corrected chi connectivity index (χ3v) is 3.09. The average Bonchev–Trinajstić information content (AvgIpc) is 3.19. The highest BCUT2D eigenvalue weighted by Crippen LogP contribution is 2.28. The summed E-state index contributed by atoms with van der Waals surface area (Å²) in [5, 5.41) is 8.67. The molecule has 0 aliphatic heterocycles. The molecule has 17 heavy (non-hydrogen) atoms. The van der Waals surface area contributed by atoms with E-state index in [4.69, 9.17) is 10.00 Å². The van der Waals surface area contributed by atoms with Crippen LogP contribution in [0.1, 0.15) is 24.8 Å². The van der Waals surface area contributed by atoms with Crippen LogP contribution in [0, 0.1) is 11.3 Å². The van der Waals surface area contributed by atoms with Crippen LogP contribution in [0.15, 0.2) is 24.3 Å². The zero-order valence-corrected chi connectivity index (χ0v) is 10.2. The molecule has 0 spiro atoms. The first-order valence-electron chi connectivity index (χ1n) is 6.07. The standard InChI is InChI=1S/C14H18N2O/c1-17-14-5-2-4-12(10-14)11-16(9-3-8-15)13-6-7-13/h2,4-5,10,13H,3,6-7,9,11H2,1H3. The number of rotatable bonds is 6. The number of ether oxygens (including phenoxy) is 1. The van der Waals surface area contributed by atoms with E-state index in [9.17, 15) is 0 Å². The lowest BCUT2D eigenvalue weighted by molar-refractivity contribution is 0.260. The van der Waals surface area contributed by atoms with Gasteiger partial charge in [0.15, 0.2) is 0 Å². The molecule has 0 amide bonds. The van der Waals surface area contributed by atoms with Crippen molar-refractivity contribution in [2.24, 2.45) is 0 Å². The Hall–Kier alpha value is -1.53. The fourth-order valence-corrected chi connectivity index (χ4v) is 2.03. The van der Waals surface area contributed by atoms with E-state index in [-0.39, 0.29) is 0 Å². The summed E-state index contributed by atoms with van der Waals surface area (Å²) in [6, 6.07) is 11.1. The molecule has 0 bridgehead atoms. The lowest BCUT2D eigenvalue weighted by atomic mass is 10.2. The molecule has 1 aliphatic rings. The average molecular weight is 230 g/mol. The minimum atomic E-state index is 0.612. The van der Waals surface area contributed by atoms with Gasteiger partial charge >= 0.3 is 0 Å². The van der Waals surface area contributed by atoms with Crippen molar-refractivity contribution in [1.82, 2.24) is 4.90 Å². The van der Waals surface area contributed by atoms with Crippen molar-refractivity contribution < 1.29 is 4.74 Å². The normalized spacial score (nSPS) is 14.6. The highest BCUT2D eigenvalue weighted by Gasteiger charge is 2.28. The first kappa shape index (κ1) is 11.9. The summed E-state index contributed by atoms with van der Waals surface area (Å²) < 4.78 is 5.22. The summed E-state index contributed by atoms with van der Waals surface area (Å²) in [6.07, 6.45) is 3.16. The zero-order chi connectivity index (χ0) is 12.1. The van der Waals surface area contributed by atoms with E-state index in [1.807, 2.05) is 12.1 Å². The number of nitriles is 1. The molecule has 3 nitrogen and oxygen atoms in total. The van der Waals surface area contributed by atoms with Crippen molar-refractivity contribution in [3.63, 3.8) is 0 Å². The molecule has 0 heterocycles. The Bertz CT molecular complexity index is 407. The molecular formula is C14H18N2O. The summed E-state index contributed by atoms with van der Waals surface area (Å²) in [7, 11) is 1.69. The van der Waals surface area contributed by atoms with Gasteiger partial charge < -0.3 is 4.74 Å². The second-order valence-electron chi connectivity index (χ2n) is 4.46. The van der Waals surface area contributed by atoms with E-state index < -0.39 is 0 Å². The van der Waals surface area contributed by atoms with Gasteiger partial charge in [0.05, 0.1) is 13.2 Å². The van der Waals surface area contributed by atoms with Crippen molar-refractivity contribution >= 4 is 0 Å². The number of hydrogen-bond donors (Lipinski definition) is 0. The van der Waals surface area contributed by atoms with E-state index in [2.05, 4.69) is 23.1 Å². The van der Waals surface area contributed by atoms with Crippen molar-refractivity contribution in [1.29, 1.82) is 5.26 Å². The minimum absolute atomic E-state index is 0.612. The highest BCUT2D eigenvalue weighted by atomic mass is 16.5. The van der Waals surface area contributed by atoms with Crippen molar-refractivity contribution in [3.8, 4) is 11.8 Å². The molecule has 1 aliphatic carbocycles. The zero-order valence-electron chi connectivity index (χ0n) is 10.2. The summed E-state index contributed by atoms with van der Waals surface area (Å²) in [5.41, 5.74) is 1.26. The molecule has 0 saturated heterocycles. The second-order valence-corrected chi connectivity index (χ2v) is 4.46. The Labute approximate surface area is 103 Å². The first-order valence-corrected chi connectivity index (χ1v) is 6.07. The molecule has 0 N–H and O–H groups in total. The van der Waals surface area contributed by atoms with Gasteiger partial charge in [0.2, 0.25) is 0 Å². The third kappa shape index (κ3) is 3.47. The molecule has 90 valence electrons. The van der Waals surface area contributed by atoms with Gasteiger partial charge in [0, 0.05) is 25.6 Å². The van der Waals surface area contributed by atoms with Crippen LogP contribution >= 0.6 is 0 Å². The van der Waals surface area contributed by atoms with E-state index in [0.717, 1.165) is 18.8 Å². The first-order chi connectivity index (χ1) is 8.33. The smallest absolute Gasteiger partial charge is 0.119 e.